The Labute approximate surface area is 172 Å². The van der Waals surface area contributed by atoms with Crippen LogP contribution < -0.4 is 11.2 Å². The van der Waals surface area contributed by atoms with E-state index in [1.165, 1.54) is 19.4 Å². The van der Waals surface area contributed by atoms with Crippen LogP contribution in [0.15, 0.2) is 21.9 Å². The van der Waals surface area contributed by atoms with Crippen molar-refractivity contribution in [3.05, 3.63) is 33.1 Å². The molecular weight excluding hydrogens is 419 g/mol. The molecule has 1 aromatic heterocycles. The molecule has 0 saturated carbocycles. The number of carbonyl (C=O) groups excluding carboxylic acids is 1. The maximum Gasteiger partial charge on any atom is 0.475 e. The number of nitrogens with zero attached hydrogens (tertiary/aromatic N) is 1. The average Bonchev–Trinajstić information content (AvgIpc) is 3.00. The second kappa shape index (κ2) is 8.88. The Kier molecular flexibility index (Phi) is 6.65. The Morgan fingerprint density at radius 3 is 2.90 bits per heavy atom. The van der Waals surface area contributed by atoms with Crippen LogP contribution in [-0.4, -0.2) is 48.1 Å². The molecule has 0 unspecified atom stereocenters. The zero-order chi connectivity index (χ0) is 21.9. The van der Waals surface area contributed by atoms with Gasteiger partial charge in [0.05, 0.1) is 20.3 Å². The average molecular weight is 442 g/mol. The van der Waals surface area contributed by atoms with Crippen LogP contribution in [0.25, 0.3) is 0 Å². The summed E-state index contributed by atoms with van der Waals surface area (Å²) in [5.41, 5.74) is -2.45. The van der Waals surface area contributed by atoms with E-state index in [2.05, 4.69) is 15.6 Å². The van der Waals surface area contributed by atoms with Crippen LogP contribution in [0.5, 0.6) is 0 Å². The number of hydrogen-bond acceptors (Lipinski definition) is 9. The number of esters is 1. The van der Waals surface area contributed by atoms with E-state index < -0.39 is 42.9 Å². The minimum Gasteiger partial charge on any atom is -0.469 e. The molecule has 2 aliphatic heterocycles. The number of aromatic amines is 1. The number of aromatic nitrogens is 2. The Morgan fingerprint density at radius 2 is 2.23 bits per heavy atom. The van der Waals surface area contributed by atoms with Gasteiger partial charge in [-0.15, -0.1) is 6.42 Å². The van der Waals surface area contributed by atoms with Crippen molar-refractivity contribution in [1.82, 2.24) is 9.55 Å². The fraction of sp³-hybridized carbons (Fsp3) is 0.611. The summed E-state index contributed by atoms with van der Waals surface area (Å²) in [4.78, 5) is 36.8. The van der Waals surface area contributed by atoms with Crippen molar-refractivity contribution < 1.29 is 32.4 Å². The van der Waals surface area contributed by atoms with Crippen LogP contribution >= 0.6 is 7.82 Å². The highest BCUT2D eigenvalue weighted by molar-refractivity contribution is 7.48. The molecule has 12 heteroatoms. The second-order valence-corrected chi connectivity index (χ2v) is 8.73. The summed E-state index contributed by atoms with van der Waals surface area (Å²) in [7, 11) is -2.62. The van der Waals surface area contributed by atoms with Crippen molar-refractivity contribution in [3.63, 3.8) is 0 Å². The topological polar surface area (TPSA) is 135 Å². The number of carbonyl (C=O) groups is 1. The Bertz CT molecular complexity index is 996. The van der Waals surface area contributed by atoms with Gasteiger partial charge in [-0.2, -0.15) is 0 Å². The number of nitrogens with one attached hydrogen (secondary N) is 1. The normalized spacial score (nSPS) is 32.9. The van der Waals surface area contributed by atoms with Gasteiger partial charge in [-0.1, -0.05) is 5.92 Å². The minimum atomic E-state index is -3.92. The largest absolute Gasteiger partial charge is 0.475 e. The number of hydrogen-bond donors (Lipinski definition) is 1. The highest BCUT2D eigenvalue weighted by Gasteiger charge is 2.60. The molecule has 2 fully saturated rings. The van der Waals surface area contributed by atoms with E-state index in [9.17, 15) is 18.9 Å². The van der Waals surface area contributed by atoms with E-state index >= 15 is 0 Å². The molecule has 0 aliphatic carbocycles. The molecule has 3 heterocycles. The van der Waals surface area contributed by atoms with Crippen molar-refractivity contribution in [3.8, 4) is 12.3 Å². The van der Waals surface area contributed by atoms with Gasteiger partial charge in [0.2, 0.25) is 0 Å². The standard InChI is InChI=1S/C18H23N2O9P/c1-4-18(2)15-12(28-16(18)20-9-8-13(21)19-17(20)23)11-27-30(24,29-15)26-10-6-5-7-14(22)25-3/h1,8-9,12,15-16H,5-7,10-11H2,2-3H3,(H,19,21,23)/t12-,15-,16-,18-,30-/m1/s1. The lowest BCUT2D eigenvalue weighted by molar-refractivity contribution is -0.140. The number of phosphoric ester groups is 1. The van der Waals surface area contributed by atoms with Gasteiger partial charge >= 0.3 is 19.5 Å². The fourth-order valence-electron chi connectivity index (χ4n) is 3.38. The maximum atomic E-state index is 12.9. The third-order valence-corrected chi connectivity index (χ3v) is 6.50. The third kappa shape index (κ3) is 4.43. The number of H-pyrrole nitrogens is 1. The first kappa shape index (κ1) is 22.5. The highest BCUT2D eigenvalue weighted by Crippen LogP contribution is 2.60. The molecule has 2 saturated heterocycles. The number of ether oxygens (including phenoxy) is 2. The van der Waals surface area contributed by atoms with Crippen LogP contribution in [0, 0.1) is 17.8 Å². The molecule has 0 amide bonds. The summed E-state index contributed by atoms with van der Waals surface area (Å²) in [5, 5.41) is 0. The lowest BCUT2D eigenvalue weighted by atomic mass is 9.83. The molecular formula is C18H23N2O9P. The van der Waals surface area contributed by atoms with Crippen LogP contribution in [0.3, 0.4) is 0 Å². The summed E-state index contributed by atoms with van der Waals surface area (Å²) >= 11 is 0. The summed E-state index contributed by atoms with van der Waals surface area (Å²) in [6.45, 7) is 1.56. The molecule has 11 nitrogen and oxygen atoms in total. The lowest BCUT2D eigenvalue weighted by Gasteiger charge is -2.35. The molecule has 1 N–H and O–H groups in total. The first-order valence-corrected chi connectivity index (χ1v) is 10.8. The first-order valence-electron chi connectivity index (χ1n) is 9.31. The molecule has 2 aliphatic rings. The summed E-state index contributed by atoms with van der Waals surface area (Å²) in [6, 6.07) is 1.17. The van der Waals surface area contributed by atoms with Crippen LogP contribution in [-0.2, 0) is 32.4 Å². The smallest absolute Gasteiger partial charge is 0.469 e. The summed E-state index contributed by atoms with van der Waals surface area (Å²) in [6.07, 6.45) is 5.62. The SMILES string of the molecule is C#C[C@]1(C)[C@@H]2O[P@](=O)(OCCCCC(=O)OC)OC[C@H]2O[C@H]1n1ccc(=O)[nH]c1=O. The van der Waals surface area contributed by atoms with Gasteiger partial charge in [-0.3, -0.25) is 32.7 Å². The number of terminal acetylenes is 1. The molecule has 0 radical (unpaired) electrons. The Hall–Kier alpha value is -2.22. The monoisotopic (exact) mass is 442 g/mol. The van der Waals surface area contributed by atoms with E-state index in [-0.39, 0.29) is 25.6 Å². The number of unbranched alkanes of at least 4 members (excludes halogenated alkanes) is 1. The predicted octanol–water partition coefficient (Wildman–Crippen LogP) is 0.957. The minimum absolute atomic E-state index is 0.0437. The number of phosphoric acid groups is 1. The molecule has 164 valence electrons. The highest BCUT2D eigenvalue weighted by atomic mass is 31.2. The van der Waals surface area contributed by atoms with E-state index in [0.717, 1.165) is 4.57 Å². The maximum absolute atomic E-state index is 12.9. The van der Waals surface area contributed by atoms with Gasteiger partial charge in [-0.25, -0.2) is 9.36 Å². The zero-order valence-electron chi connectivity index (χ0n) is 16.6. The molecule has 0 spiro atoms. The van der Waals surface area contributed by atoms with Crippen molar-refractivity contribution in [1.29, 1.82) is 0 Å². The van der Waals surface area contributed by atoms with E-state index in [1.807, 2.05) is 0 Å². The van der Waals surface area contributed by atoms with Gasteiger partial charge in [0.1, 0.15) is 17.6 Å². The number of rotatable bonds is 7. The van der Waals surface area contributed by atoms with Crippen molar-refractivity contribution in [2.24, 2.45) is 5.41 Å². The first-order chi connectivity index (χ1) is 14.2. The molecule has 1 aromatic rings. The Morgan fingerprint density at radius 1 is 1.47 bits per heavy atom. The molecule has 0 bridgehead atoms. The van der Waals surface area contributed by atoms with Crippen molar-refractivity contribution >= 4 is 13.8 Å². The van der Waals surface area contributed by atoms with E-state index in [4.69, 9.17) is 24.7 Å². The van der Waals surface area contributed by atoms with Gasteiger partial charge in [-0.05, 0) is 19.8 Å². The number of fused-ring (bicyclic) bond motifs is 1. The quantitative estimate of drug-likeness (QED) is 0.283. The van der Waals surface area contributed by atoms with Crippen LogP contribution in [0.1, 0.15) is 32.4 Å². The van der Waals surface area contributed by atoms with Crippen LogP contribution in [0.2, 0.25) is 0 Å². The van der Waals surface area contributed by atoms with E-state index in [0.29, 0.717) is 12.8 Å². The Balaban J connectivity index is 1.70. The molecule has 5 atom stereocenters. The summed E-state index contributed by atoms with van der Waals surface area (Å²) < 4.78 is 40.7. The summed E-state index contributed by atoms with van der Waals surface area (Å²) in [5.74, 6) is 2.24. The van der Waals surface area contributed by atoms with E-state index in [1.54, 1.807) is 6.92 Å². The van der Waals surface area contributed by atoms with Gasteiger partial charge in [0.25, 0.3) is 5.56 Å². The zero-order valence-corrected chi connectivity index (χ0v) is 17.5. The number of methoxy groups -OCH3 is 1. The van der Waals surface area contributed by atoms with Crippen molar-refractivity contribution in [2.75, 3.05) is 20.3 Å². The molecule has 3 rings (SSSR count). The third-order valence-electron chi connectivity index (χ3n) is 5.05. The predicted molar refractivity (Wildman–Crippen MR) is 102 cm³/mol. The van der Waals surface area contributed by atoms with Crippen molar-refractivity contribution in [2.45, 2.75) is 44.6 Å². The fourth-order valence-corrected chi connectivity index (χ4v) is 4.89. The molecule has 30 heavy (non-hydrogen) atoms. The molecule has 0 aromatic carbocycles. The lowest BCUT2D eigenvalue weighted by Crippen LogP contribution is -2.43. The van der Waals surface area contributed by atoms with Gasteiger partial charge in [0, 0.05) is 18.7 Å². The second-order valence-electron chi connectivity index (χ2n) is 7.11. The van der Waals surface area contributed by atoms with Crippen LogP contribution in [0.4, 0.5) is 0 Å². The van der Waals surface area contributed by atoms with Gasteiger partial charge < -0.3 is 9.47 Å². The van der Waals surface area contributed by atoms with Gasteiger partial charge in [0.15, 0.2) is 6.23 Å².